The van der Waals surface area contributed by atoms with Gasteiger partial charge in [-0.2, -0.15) is 11.8 Å². The molecule has 5 atom stereocenters. The van der Waals surface area contributed by atoms with Crippen LogP contribution in [0.1, 0.15) is 43.6 Å². The number of hydrazine groups is 1. The first-order valence-corrected chi connectivity index (χ1v) is 21.3. The smallest absolute Gasteiger partial charge is 0.318 e. The summed E-state index contributed by atoms with van der Waals surface area (Å²) in [5, 5.41) is 14.6. The normalized spacial score (nSPS) is 20.5. The van der Waals surface area contributed by atoms with E-state index in [9.17, 15) is 23.6 Å². The van der Waals surface area contributed by atoms with Crippen LogP contribution >= 0.6 is 11.8 Å². The van der Waals surface area contributed by atoms with E-state index in [1.54, 1.807) is 24.3 Å². The zero-order valence-corrected chi connectivity index (χ0v) is 35.0. The maximum atomic E-state index is 15.4. The van der Waals surface area contributed by atoms with Crippen LogP contribution < -0.4 is 27.9 Å². The molecule has 61 heavy (non-hydrogen) atoms. The van der Waals surface area contributed by atoms with Crippen molar-refractivity contribution in [3.8, 4) is 11.3 Å². The van der Waals surface area contributed by atoms with Gasteiger partial charge in [0.25, 0.3) is 0 Å². The van der Waals surface area contributed by atoms with Crippen molar-refractivity contribution < 1.29 is 42.2 Å². The highest BCUT2D eigenvalue weighted by atomic mass is 32.2. The van der Waals surface area contributed by atoms with Gasteiger partial charge in [0, 0.05) is 81.4 Å². The van der Waals surface area contributed by atoms with Crippen molar-refractivity contribution in [3.05, 3.63) is 89.6 Å². The number of nitrogens with two attached hydrogens (primary N) is 3. The molecule has 3 aromatic rings. The number of nitrogens with one attached hydrogen (secondary N) is 2. The van der Waals surface area contributed by atoms with Crippen LogP contribution in [0.3, 0.4) is 0 Å². The number of alkyl halides is 1. The van der Waals surface area contributed by atoms with Gasteiger partial charge in [0.15, 0.2) is 0 Å². The molecular formula is C41H55F3N10O6S. The molecule has 0 spiro atoms. The maximum absolute atomic E-state index is 15.4. The minimum atomic E-state index is -1.20. The van der Waals surface area contributed by atoms with Gasteiger partial charge in [-0.3, -0.25) is 19.3 Å². The van der Waals surface area contributed by atoms with Gasteiger partial charge < -0.3 is 46.4 Å². The lowest BCUT2D eigenvalue weighted by molar-refractivity contribution is -0.138. The molecule has 1 aromatic heterocycles. The third-order valence-electron chi connectivity index (χ3n) is 10.7. The number of aromatic nitrogens is 2. The Morgan fingerprint density at radius 2 is 1.85 bits per heavy atom. The van der Waals surface area contributed by atoms with E-state index >= 15 is 8.78 Å². The summed E-state index contributed by atoms with van der Waals surface area (Å²) in [5.41, 5.74) is 12.1. The second kappa shape index (κ2) is 22.1. The first kappa shape index (κ1) is 46.9. The van der Waals surface area contributed by atoms with Crippen LogP contribution in [0.2, 0.25) is 0 Å². The summed E-state index contributed by atoms with van der Waals surface area (Å²) in [6.45, 7) is 3.24. The van der Waals surface area contributed by atoms with Crippen molar-refractivity contribution in [2.24, 2.45) is 29.1 Å². The fourth-order valence-electron chi connectivity index (χ4n) is 7.64. The Labute approximate surface area is 357 Å². The standard InChI is InChI=1S/C39H50F3N9O4S.C2H5NO2/c1-24(18-49(44)21-29(43)22-50-35(52)15-34(56-2)38(50)53)46-39(54)51(20-27-16-45-17-32(27)42)36(26-10-12-55-13-11-26)37-47-33(30-14-28(40)8-9-31(30)41)23-48(37)19-25-6-4-3-5-7-25;3-1-2(4)5/h3-9,14,21,23-24,26-27,32,34,36,45H,10-13,15-20,22,43-44H2,1-2H3,(H,46,54);1,3H2,(H,4,5)/b29-21-;. The molecule has 0 saturated carbocycles. The Bertz CT molecular complexity index is 2010. The van der Waals surface area contributed by atoms with Gasteiger partial charge in [-0.1, -0.05) is 30.3 Å². The van der Waals surface area contributed by atoms with E-state index in [0.29, 0.717) is 45.0 Å². The van der Waals surface area contributed by atoms with Crippen molar-refractivity contribution in [3.63, 3.8) is 0 Å². The van der Waals surface area contributed by atoms with Crippen LogP contribution in [-0.2, 0) is 25.7 Å². The van der Waals surface area contributed by atoms with Crippen LogP contribution in [-0.4, -0.2) is 129 Å². The number of hydrogen-bond acceptors (Lipinski definition) is 12. The first-order valence-electron chi connectivity index (χ1n) is 20.0. The number of amides is 4. The Kier molecular flexibility index (Phi) is 17.0. The molecule has 3 fully saturated rings. The number of likely N-dealkylation sites (tertiary alicyclic amines) is 1. The van der Waals surface area contributed by atoms with Crippen LogP contribution in [0, 0.1) is 23.5 Å². The summed E-state index contributed by atoms with van der Waals surface area (Å²) in [6.07, 6.45) is 4.93. The number of carboxylic acids is 1. The van der Waals surface area contributed by atoms with Crippen molar-refractivity contribution in [2.45, 2.75) is 56.2 Å². The molecule has 2 aromatic carbocycles. The lowest BCUT2D eigenvalue weighted by Crippen LogP contribution is -2.53. The topological polar surface area (TPSA) is 227 Å². The van der Waals surface area contributed by atoms with Gasteiger partial charge >= 0.3 is 12.0 Å². The fourth-order valence-corrected chi connectivity index (χ4v) is 8.27. The molecule has 5 unspecified atom stereocenters. The molecule has 20 heteroatoms. The van der Waals surface area contributed by atoms with Gasteiger partial charge in [-0.15, -0.1) is 0 Å². The number of carbonyl (C=O) groups is 4. The SMILES string of the molecule is CSC1CC(=O)N(C/C(N)=C/N(N)CC(C)NC(=O)N(CC2CNCC2F)C(c2nc(-c3cc(F)ccc3F)cn2Cc2ccccc2)C2CCOCC2)C1=O.NCC(=O)O. The summed E-state index contributed by atoms with van der Waals surface area (Å²) >= 11 is 1.31. The van der Waals surface area contributed by atoms with Gasteiger partial charge in [-0.05, 0) is 55.7 Å². The molecule has 0 aliphatic carbocycles. The van der Waals surface area contributed by atoms with E-state index in [4.69, 9.17) is 26.4 Å². The molecule has 3 aliphatic rings. The van der Waals surface area contributed by atoms with E-state index in [2.05, 4.69) is 16.4 Å². The number of imidazole rings is 1. The van der Waals surface area contributed by atoms with Crippen molar-refractivity contribution in [2.75, 3.05) is 58.7 Å². The number of benzene rings is 2. The maximum Gasteiger partial charge on any atom is 0.318 e. The summed E-state index contributed by atoms with van der Waals surface area (Å²) in [5.74, 6) is 3.22. The quantitative estimate of drug-likeness (QED) is 0.0693. The molecule has 3 saturated heterocycles. The number of halogens is 3. The van der Waals surface area contributed by atoms with Crippen LogP contribution in [0.4, 0.5) is 18.0 Å². The Hall–Kier alpha value is -5.15. The fraction of sp³-hybridized carbons (Fsp3) is 0.488. The highest BCUT2D eigenvalue weighted by Gasteiger charge is 2.41. The number of urea groups is 1. The number of hydrogen-bond donors (Lipinski definition) is 6. The van der Waals surface area contributed by atoms with E-state index in [1.807, 2.05) is 34.9 Å². The summed E-state index contributed by atoms with van der Waals surface area (Å²) < 4.78 is 52.7. The molecule has 9 N–H and O–H groups in total. The van der Waals surface area contributed by atoms with Gasteiger partial charge in [-0.25, -0.2) is 28.8 Å². The number of carboxylic acid groups (broad SMARTS) is 1. The summed E-state index contributed by atoms with van der Waals surface area (Å²) in [4.78, 5) is 56.6. The van der Waals surface area contributed by atoms with Crippen molar-refractivity contribution in [1.82, 2.24) is 35.0 Å². The number of imide groups is 1. The van der Waals surface area contributed by atoms with E-state index < -0.39 is 53.1 Å². The lowest BCUT2D eigenvalue weighted by Gasteiger charge is -2.40. The Morgan fingerprint density at radius 1 is 1.15 bits per heavy atom. The second-order valence-corrected chi connectivity index (χ2v) is 16.3. The number of carbonyl (C=O) groups excluding carboxylic acids is 3. The van der Waals surface area contributed by atoms with Crippen LogP contribution in [0.5, 0.6) is 0 Å². The second-order valence-electron chi connectivity index (χ2n) is 15.3. The van der Waals surface area contributed by atoms with E-state index in [0.717, 1.165) is 28.7 Å². The van der Waals surface area contributed by atoms with Crippen LogP contribution in [0.25, 0.3) is 11.3 Å². The number of ether oxygens (including phenoxy) is 1. The third kappa shape index (κ3) is 12.7. The minimum absolute atomic E-state index is 0.0184. The molecule has 3 aliphatic heterocycles. The molecule has 4 amide bonds. The average Bonchev–Trinajstić information content (AvgIpc) is 3.92. The van der Waals surface area contributed by atoms with E-state index in [1.165, 1.54) is 23.0 Å². The zero-order chi connectivity index (χ0) is 44.2. The number of thioether (sulfide) groups is 1. The van der Waals surface area contributed by atoms with E-state index in [-0.39, 0.29) is 73.8 Å². The first-order chi connectivity index (χ1) is 29.2. The summed E-state index contributed by atoms with van der Waals surface area (Å²) in [6, 6.07) is 11.0. The Morgan fingerprint density at radius 3 is 2.48 bits per heavy atom. The zero-order valence-electron chi connectivity index (χ0n) is 34.2. The molecule has 0 radical (unpaired) electrons. The highest BCUT2D eigenvalue weighted by Crippen LogP contribution is 2.38. The lowest BCUT2D eigenvalue weighted by atomic mass is 9.89. The predicted molar refractivity (Wildman–Crippen MR) is 224 cm³/mol. The number of rotatable bonds is 16. The minimum Gasteiger partial charge on any atom is -0.480 e. The summed E-state index contributed by atoms with van der Waals surface area (Å²) in [7, 11) is 0. The van der Waals surface area contributed by atoms with Gasteiger partial charge in [0.2, 0.25) is 11.8 Å². The van der Waals surface area contributed by atoms with Crippen molar-refractivity contribution in [1.29, 1.82) is 0 Å². The molecule has 6 rings (SSSR count). The molecular weight excluding hydrogens is 818 g/mol. The highest BCUT2D eigenvalue weighted by molar-refractivity contribution is 8.00. The monoisotopic (exact) mass is 872 g/mol. The third-order valence-corrected chi connectivity index (χ3v) is 11.6. The average molecular weight is 873 g/mol. The van der Waals surface area contributed by atoms with Gasteiger partial charge in [0.05, 0.1) is 36.6 Å². The molecule has 16 nitrogen and oxygen atoms in total. The molecule has 4 heterocycles. The van der Waals surface area contributed by atoms with Gasteiger partial charge in [0.1, 0.15) is 23.6 Å². The Balaban J connectivity index is 0.00000133. The molecule has 0 bridgehead atoms. The number of nitrogens with zero attached hydrogens (tertiary/aromatic N) is 5. The van der Waals surface area contributed by atoms with Crippen LogP contribution in [0.15, 0.2) is 66.6 Å². The molecule has 332 valence electrons. The number of aliphatic carboxylic acids is 1. The predicted octanol–water partition coefficient (Wildman–Crippen LogP) is 2.80. The van der Waals surface area contributed by atoms with Crippen molar-refractivity contribution >= 4 is 35.6 Å². The largest absolute Gasteiger partial charge is 0.480 e.